The summed E-state index contributed by atoms with van der Waals surface area (Å²) in [5, 5.41) is 16.8. The number of fused-ring (bicyclic) bond motifs is 1. The van der Waals surface area contributed by atoms with Crippen molar-refractivity contribution >= 4 is 34.4 Å². The molecule has 0 saturated carbocycles. The third kappa shape index (κ3) is 5.70. The number of aromatic nitrogens is 2. The van der Waals surface area contributed by atoms with Crippen molar-refractivity contribution in [1.29, 1.82) is 0 Å². The average molecular weight is 563 g/mol. The van der Waals surface area contributed by atoms with Crippen molar-refractivity contribution < 1.29 is 14.4 Å². The van der Waals surface area contributed by atoms with Gasteiger partial charge in [0, 0.05) is 17.2 Å². The van der Waals surface area contributed by atoms with Crippen molar-refractivity contribution in [1.82, 2.24) is 9.66 Å². The second-order valence-corrected chi connectivity index (χ2v) is 10.2. The van der Waals surface area contributed by atoms with Crippen LogP contribution in [0.5, 0.6) is 11.5 Å². The first-order valence-electron chi connectivity index (χ1n) is 12.9. The fourth-order valence-corrected chi connectivity index (χ4v) is 4.57. The quantitative estimate of drug-likeness (QED) is 0.122. The van der Waals surface area contributed by atoms with Crippen LogP contribution < -0.4 is 15.0 Å². The summed E-state index contributed by atoms with van der Waals surface area (Å²) in [4.78, 5) is 29.8. The van der Waals surface area contributed by atoms with Crippen LogP contribution in [0, 0.1) is 17.0 Å². The lowest BCUT2D eigenvalue weighted by Gasteiger charge is -2.17. The SMILES string of the molecule is CC[C@H](C)Oc1c(Cl)cc(C=Nn2c(-c3cc(C(C)C)c(OC)cc3C)nc3ccccc3c2=O)cc1[N+](=O)[O-]. The highest BCUT2D eigenvalue weighted by Gasteiger charge is 2.22. The van der Waals surface area contributed by atoms with E-state index in [0.29, 0.717) is 34.3 Å². The molecule has 0 N–H and O–H groups in total. The number of nitrogens with zero attached hydrogens (tertiary/aromatic N) is 4. The van der Waals surface area contributed by atoms with Gasteiger partial charge in [0.15, 0.2) is 5.82 Å². The molecule has 1 atom stereocenters. The average Bonchev–Trinajstić information content (AvgIpc) is 2.93. The molecule has 0 fully saturated rings. The van der Waals surface area contributed by atoms with Crippen LogP contribution in [0.4, 0.5) is 5.69 Å². The Bertz CT molecular complexity index is 1680. The summed E-state index contributed by atoms with van der Waals surface area (Å²) in [6.45, 7) is 9.74. The maximum atomic E-state index is 13.7. The molecule has 1 aromatic heterocycles. The Hall–Kier alpha value is -4.24. The van der Waals surface area contributed by atoms with Gasteiger partial charge in [-0.1, -0.05) is 44.5 Å². The molecular weight excluding hydrogens is 532 g/mol. The number of hydrogen-bond donors (Lipinski definition) is 0. The molecule has 0 aliphatic carbocycles. The number of nitro benzene ring substituents is 1. The van der Waals surface area contributed by atoms with E-state index >= 15 is 0 Å². The topological polar surface area (TPSA) is 109 Å². The molecule has 9 nitrogen and oxygen atoms in total. The Balaban J connectivity index is 1.93. The molecule has 3 aromatic carbocycles. The van der Waals surface area contributed by atoms with E-state index in [0.717, 1.165) is 16.9 Å². The van der Waals surface area contributed by atoms with Crippen molar-refractivity contribution in [2.24, 2.45) is 5.10 Å². The minimum absolute atomic E-state index is 0.00142. The minimum Gasteiger partial charge on any atom is -0.496 e. The molecule has 0 saturated heterocycles. The summed E-state index contributed by atoms with van der Waals surface area (Å²) in [7, 11) is 1.62. The standard InChI is InChI=1S/C30H31ClN4O5/c1-7-19(5)40-28-24(31)13-20(14-26(28)35(37)38)16-32-34-29(33-25-11-9-8-10-21(25)30(34)36)23-15-22(17(2)3)27(39-6)12-18(23)4/h8-17,19H,7H2,1-6H3/t19-/m0/s1. The largest absolute Gasteiger partial charge is 0.496 e. The maximum Gasteiger partial charge on any atom is 0.313 e. The van der Waals surface area contributed by atoms with Crippen molar-refractivity contribution in [3.63, 3.8) is 0 Å². The van der Waals surface area contributed by atoms with Crippen molar-refractivity contribution in [3.8, 4) is 22.9 Å². The van der Waals surface area contributed by atoms with Crippen LogP contribution in [0.2, 0.25) is 5.02 Å². The molecule has 4 aromatic rings. The smallest absolute Gasteiger partial charge is 0.313 e. The molecule has 10 heteroatoms. The second kappa shape index (κ2) is 11.9. The van der Waals surface area contributed by atoms with Gasteiger partial charge in [0.1, 0.15) is 5.75 Å². The van der Waals surface area contributed by atoms with Gasteiger partial charge >= 0.3 is 5.69 Å². The molecule has 0 spiro atoms. The molecule has 0 amide bonds. The van der Waals surface area contributed by atoms with Crippen LogP contribution >= 0.6 is 11.6 Å². The number of aryl methyl sites for hydroxylation is 1. The van der Waals surface area contributed by atoms with Crippen LogP contribution in [0.15, 0.2) is 58.4 Å². The summed E-state index contributed by atoms with van der Waals surface area (Å²) >= 11 is 6.41. The lowest BCUT2D eigenvalue weighted by atomic mass is 9.96. The second-order valence-electron chi connectivity index (χ2n) is 9.82. The van der Waals surface area contributed by atoms with E-state index in [1.54, 1.807) is 25.3 Å². The van der Waals surface area contributed by atoms with Crippen LogP contribution in [-0.4, -0.2) is 34.0 Å². The van der Waals surface area contributed by atoms with E-state index in [1.165, 1.54) is 23.0 Å². The van der Waals surface area contributed by atoms with E-state index in [1.807, 2.05) is 39.0 Å². The first-order chi connectivity index (χ1) is 19.0. The molecular formula is C30H31ClN4O5. The number of methoxy groups -OCH3 is 1. The highest BCUT2D eigenvalue weighted by Crippen LogP contribution is 2.37. The van der Waals surface area contributed by atoms with Crippen LogP contribution in [0.1, 0.15) is 56.7 Å². The molecule has 0 aliphatic rings. The number of ether oxygens (including phenoxy) is 2. The summed E-state index contributed by atoms with van der Waals surface area (Å²) < 4.78 is 12.5. The number of benzene rings is 3. The van der Waals surface area contributed by atoms with E-state index < -0.39 is 4.92 Å². The van der Waals surface area contributed by atoms with Gasteiger partial charge in [-0.15, -0.1) is 0 Å². The summed E-state index contributed by atoms with van der Waals surface area (Å²) in [6.07, 6.45) is 1.75. The monoisotopic (exact) mass is 562 g/mol. The molecule has 0 radical (unpaired) electrons. The first-order valence-corrected chi connectivity index (χ1v) is 13.3. The van der Waals surface area contributed by atoms with Gasteiger partial charge < -0.3 is 9.47 Å². The van der Waals surface area contributed by atoms with Crippen molar-refractivity contribution in [2.75, 3.05) is 7.11 Å². The Labute approximate surface area is 237 Å². The number of rotatable bonds is 9. The van der Waals surface area contributed by atoms with Crippen LogP contribution in [0.25, 0.3) is 22.3 Å². The zero-order valence-corrected chi connectivity index (χ0v) is 24.0. The predicted octanol–water partition coefficient (Wildman–Crippen LogP) is 7.13. The zero-order valence-electron chi connectivity index (χ0n) is 23.3. The highest BCUT2D eigenvalue weighted by atomic mass is 35.5. The van der Waals surface area contributed by atoms with Gasteiger partial charge in [0.2, 0.25) is 5.75 Å². The third-order valence-electron chi connectivity index (χ3n) is 6.65. The normalized spacial score (nSPS) is 12.3. The van der Waals surface area contributed by atoms with Gasteiger partial charge in [0.25, 0.3) is 5.56 Å². The van der Waals surface area contributed by atoms with E-state index in [4.69, 9.17) is 26.1 Å². The Kier molecular flexibility index (Phi) is 8.54. The van der Waals surface area contributed by atoms with Gasteiger partial charge in [0.05, 0.1) is 40.3 Å². The van der Waals surface area contributed by atoms with Crippen LogP contribution in [-0.2, 0) is 0 Å². The Morgan fingerprint density at radius 3 is 2.55 bits per heavy atom. The first kappa shape index (κ1) is 28.8. The summed E-state index contributed by atoms with van der Waals surface area (Å²) in [5.41, 5.74) is 2.71. The Morgan fingerprint density at radius 1 is 1.18 bits per heavy atom. The molecule has 1 heterocycles. The fraction of sp³-hybridized carbons (Fsp3) is 0.300. The highest BCUT2D eigenvalue weighted by molar-refractivity contribution is 6.32. The predicted molar refractivity (Wildman–Crippen MR) is 158 cm³/mol. The Morgan fingerprint density at radius 2 is 1.90 bits per heavy atom. The van der Waals surface area contributed by atoms with E-state index in [9.17, 15) is 14.9 Å². The maximum absolute atomic E-state index is 13.7. The van der Waals surface area contributed by atoms with Gasteiger partial charge in [-0.25, -0.2) is 4.98 Å². The molecule has 0 bridgehead atoms. The van der Waals surface area contributed by atoms with Crippen molar-refractivity contribution in [3.05, 3.63) is 90.7 Å². The number of halogens is 1. The minimum atomic E-state index is -0.551. The number of para-hydroxylation sites is 1. The summed E-state index contributed by atoms with van der Waals surface area (Å²) in [5.74, 6) is 1.23. The van der Waals surface area contributed by atoms with Crippen molar-refractivity contribution in [2.45, 2.75) is 53.1 Å². The fourth-order valence-electron chi connectivity index (χ4n) is 4.31. The number of nitro groups is 1. The van der Waals surface area contributed by atoms with Gasteiger partial charge in [-0.3, -0.25) is 14.9 Å². The van der Waals surface area contributed by atoms with Gasteiger partial charge in [-0.05, 0) is 67.6 Å². The van der Waals surface area contributed by atoms with E-state index in [-0.39, 0.29) is 34.0 Å². The molecule has 0 aliphatic heterocycles. The van der Waals surface area contributed by atoms with Crippen LogP contribution in [0.3, 0.4) is 0 Å². The molecule has 4 rings (SSSR count). The van der Waals surface area contributed by atoms with E-state index in [2.05, 4.69) is 18.9 Å². The molecule has 0 unspecified atom stereocenters. The zero-order chi connectivity index (χ0) is 29.1. The lowest BCUT2D eigenvalue weighted by molar-refractivity contribution is -0.386. The number of hydrogen-bond acceptors (Lipinski definition) is 7. The van der Waals surface area contributed by atoms with Gasteiger partial charge in [-0.2, -0.15) is 9.78 Å². The lowest BCUT2D eigenvalue weighted by Crippen LogP contribution is -2.21. The molecule has 40 heavy (non-hydrogen) atoms. The molecule has 208 valence electrons. The summed E-state index contributed by atoms with van der Waals surface area (Å²) in [6, 6.07) is 13.7. The third-order valence-corrected chi connectivity index (χ3v) is 6.93.